The van der Waals surface area contributed by atoms with E-state index in [1.54, 1.807) is 0 Å². The molecule has 0 radical (unpaired) electrons. The van der Waals surface area contributed by atoms with Crippen LogP contribution in [0.15, 0.2) is 65.6 Å². The fourth-order valence-electron chi connectivity index (χ4n) is 1.93. The van der Waals surface area contributed by atoms with Crippen molar-refractivity contribution in [3.8, 4) is 0 Å². The van der Waals surface area contributed by atoms with E-state index in [2.05, 4.69) is 74.5 Å². The van der Waals surface area contributed by atoms with Gasteiger partial charge in [0.2, 0.25) is 0 Å². The second-order valence-corrected chi connectivity index (χ2v) is 6.62. The van der Waals surface area contributed by atoms with Gasteiger partial charge in [0, 0.05) is 9.64 Å². The summed E-state index contributed by atoms with van der Waals surface area (Å²) in [6, 6.07) is 21.3. The van der Waals surface area contributed by atoms with Crippen molar-refractivity contribution in [2.75, 3.05) is 0 Å². The molecule has 0 nitrogen and oxygen atoms in total. The van der Waals surface area contributed by atoms with Crippen molar-refractivity contribution >= 4 is 11.8 Å². The van der Waals surface area contributed by atoms with Crippen LogP contribution in [-0.2, 0) is 6.42 Å². The van der Waals surface area contributed by atoms with E-state index in [0.717, 1.165) is 6.42 Å². The quantitative estimate of drug-likeness (QED) is 0.694. The van der Waals surface area contributed by atoms with Crippen LogP contribution in [0.2, 0.25) is 0 Å². The van der Waals surface area contributed by atoms with Crippen molar-refractivity contribution in [1.29, 1.82) is 0 Å². The van der Waals surface area contributed by atoms with E-state index >= 15 is 0 Å². The molecule has 0 bridgehead atoms. The molecular weight excluding hydrogens is 224 g/mol. The molecule has 0 aliphatic rings. The van der Waals surface area contributed by atoms with E-state index in [1.807, 2.05) is 11.8 Å². The van der Waals surface area contributed by atoms with Crippen LogP contribution in [0.4, 0.5) is 0 Å². The lowest BCUT2D eigenvalue weighted by molar-refractivity contribution is 0.707. The van der Waals surface area contributed by atoms with Gasteiger partial charge in [-0.15, -0.1) is 11.8 Å². The van der Waals surface area contributed by atoms with Gasteiger partial charge in [-0.2, -0.15) is 0 Å². The summed E-state index contributed by atoms with van der Waals surface area (Å²) in [7, 11) is 0. The van der Waals surface area contributed by atoms with E-state index in [9.17, 15) is 0 Å². The van der Waals surface area contributed by atoms with Crippen molar-refractivity contribution in [3.05, 3.63) is 66.2 Å². The summed E-state index contributed by atoms with van der Waals surface area (Å²) in [5.74, 6) is 0. The van der Waals surface area contributed by atoms with Gasteiger partial charge in [-0.3, -0.25) is 0 Å². The lowest BCUT2D eigenvalue weighted by Crippen LogP contribution is -2.18. The SMILES string of the molecule is CC(C)(Cc1ccccc1)Sc1ccccc1. The fourth-order valence-corrected chi connectivity index (χ4v) is 3.10. The van der Waals surface area contributed by atoms with Gasteiger partial charge in [-0.25, -0.2) is 0 Å². The van der Waals surface area contributed by atoms with Crippen molar-refractivity contribution in [2.45, 2.75) is 29.9 Å². The maximum absolute atomic E-state index is 2.30. The molecule has 0 aliphatic heterocycles. The first-order chi connectivity index (χ1) is 8.16. The third-order valence-electron chi connectivity index (χ3n) is 2.61. The Bertz CT molecular complexity index is 402. The molecule has 0 aromatic heterocycles. The predicted octanol–water partition coefficient (Wildman–Crippen LogP) is 4.80. The molecule has 0 N–H and O–H groups in total. The molecule has 0 amide bonds. The molecule has 0 saturated carbocycles. The van der Waals surface area contributed by atoms with Crippen LogP contribution in [0.1, 0.15) is 19.4 Å². The highest BCUT2D eigenvalue weighted by molar-refractivity contribution is 8.00. The van der Waals surface area contributed by atoms with Crippen molar-refractivity contribution in [1.82, 2.24) is 0 Å². The molecule has 0 heterocycles. The number of benzene rings is 2. The Morgan fingerprint density at radius 1 is 0.824 bits per heavy atom. The van der Waals surface area contributed by atoms with Crippen LogP contribution in [0.25, 0.3) is 0 Å². The molecule has 88 valence electrons. The van der Waals surface area contributed by atoms with E-state index in [-0.39, 0.29) is 4.75 Å². The maximum Gasteiger partial charge on any atom is 0.0191 e. The van der Waals surface area contributed by atoms with E-state index in [1.165, 1.54) is 10.5 Å². The van der Waals surface area contributed by atoms with Crippen LogP contribution >= 0.6 is 11.8 Å². The zero-order valence-corrected chi connectivity index (χ0v) is 11.2. The first kappa shape index (κ1) is 12.3. The Morgan fingerprint density at radius 3 is 1.94 bits per heavy atom. The third-order valence-corrected chi connectivity index (χ3v) is 3.81. The molecule has 17 heavy (non-hydrogen) atoms. The van der Waals surface area contributed by atoms with Gasteiger partial charge in [0.1, 0.15) is 0 Å². The second kappa shape index (κ2) is 5.42. The van der Waals surface area contributed by atoms with Crippen LogP contribution < -0.4 is 0 Å². The van der Waals surface area contributed by atoms with Crippen molar-refractivity contribution in [3.63, 3.8) is 0 Å². The molecular formula is C16H18S. The molecule has 0 atom stereocenters. The van der Waals surface area contributed by atoms with Gasteiger partial charge in [-0.05, 0) is 24.1 Å². The highest BCUT2D eigenvalue weighted by Gasteiger charge is 2.19. The van der Waals surface area contributed by atoms with Crippen LogP contribution in [0.5, 0.6) is 0 Å². The number of thioether (sulfide) groups is 1. The van der Waals surface area contributed by atoms with Gasteiger partial charge in [0.25, 0.3) is 0 Å². The average molecular weight is 242 g/mol. The first-order valence-electron chi connectivity index (χ1n) is 5.94. The van der Waals surface area contributed by atoms with E-state index < -0.39 is 0 Å². The fraction of sp³-hybridized carbons (Fsp3) is 0.250. The summed E-state index contributed by atoms with van der Waals surface area (Å²) in [6.07, 6.45) is 1.09. The molecule has 2 aromatic rings. The summed E-state index contributed by atoms with van der Waals surface area (Å²) >= 11 is 1.94. The largest absolute Gasteiger partial charge is 0.120 e. The van der Waals surface area contributed by atoms with Crippen molar-refractivity contribution in [2.24, 2.45) is 0 Å². The number of rotatable bonds is 4. The van der Waals surface area contributed by atoms with Crippen LogP contribution in [0.3, 0.4) is 0 Å². The zero-order chi connectivity index (χ0) is 12.1. The Hall–Kier alpha value is -1.21. The van der Waals surface area contributed by atoms with Crippen LogP contribution in [0, 0.1) is 0 Å². The number of hydrogen-bond acceptors (Lipinski definition) is 1. The number of hydrogen-bond donors (Lipinski definition) is 0. The van der Waals surface area contributed by atoms with Gasteiger partial charge < -0.3 is 0 Å². The average Bonchev–Trinajstić information content (AvgIpc) is 2.30. The molecule has 0 aliphatic carbocycles. The molecule has 2 aromatic carbocycles. The highest BCUT2D eigenvalue weighted by Crippen LogP contribution is 2.34. The predicted molar refractivity (Wildman–Crippen MR) is 76.5 cm³/mol. The zero-order valence-electron chi connectivity index (χ0n) is 10.4. The minimum Gasteiger partial charge on any atom is -0.120 e. The normalized spacial score (nSPS) is 11.4. The molecule has 0 spiro atoms. The smallest absolute Gasteiger partial charge is 0.0191 e. The Labute approximate surface area is 108 Å². The highest BCUT2D eigenvalue weighted by atomic mass is 32.2. The Balaban J connectivity index is 2.04. The van der Waals surface area contributed by atoms with Crippen LogP contribution in [-0.4, -0.2) is 4.75 Å². The maximum atomic E-state index is 2.30. The lowest BCUT2D eigenvalue weighted by atomic mass is 10.0. The molecule has 0 saturated heterocycles. The lowest BCUT2D eigenvalue weighted by Gasteiger charge is -2.24. The first-order valence-corrected chi connectivity index (χ1v) is 6.75. The summed E-state index contributed by atoms with van der Waals surface area (Å²) < 4.78 is 0.225. The minimum atomic E-state index is 0.225. The minimum absolute atomic E-state index is 0.225. The van der Waals surface area contributed by atoms with Gasteiger partial charge in [0.05, 0.1) is 0 Å². The summed E-state index contributed by atoms with van der Waals surface area (Å²) in [5, 5.41) is 0. The molecule has 1 heteroatoms. The third kappa shape index (κ3) is 3.94. The summed E-state index contributed by atoms with van der Waals surface area (Å²) in [5.41, 5.74) is 1.40. The Morgan fingerprint density at radius 2 is 1.35 bits per heavy atom. The van der Waals surface area contributed by atoms with Gasteiger partial charge in [0.15, 0.2) is 0 Å². The Kier molecular flexibility index (Phi) is 3.90. The summed E-state index contributed by atoms with van der Waals surface area (Å²) in [4.78, 5) is 1.34. The topological polar surface area (TPSA) is 0 Å². The van der Waals surface area contributed by atoms with Gasteiger partial charge in [-0.1, -0.05) is 62.4 Å². The summed E-state index contributed by atoms with van der Waals surface area (Å²) in [6.45, 7) is 4.61. The van der Waals surface area contributed by atoms with Gasteiger partial charge >= 0.3 is 0 Å². The second-order valence-electron chi connectivity index (χ2n) is 4.84. The molecule has 2 rings (SSSR count). The molecule has 0 fully saturated rings. The van der Waals surface area contributed by atoms with E-state index in [0.29, 0.717) is 0 Å². The van der Waals surface area contributed by atoms with Crippen molar-refractivity contribution < 1.29 is 0 Å². The monoisotopic (exact) mass is 242 g/mol. The standard InChI is InChI=1S/C16H18S/c1-16(2,13-14-9-5-3-6-10-14)17-15-11-7-4-8-12-15/h3-12H,13H2,1-2H3. The van der Waals surface area contributed by atoms with E-state index in [4.69, 9.17) is 0 Å². The molecule has 0 unspecified atom stereocenters.